The van der Waals surface area contributed by atoms with Crippen molar-refractivity contribution in [3.8, 4) is 44.5 Å². The maximum absolute atomic E-state index is 2.52. The summed E-state index contributed by atoms with van der Waals surface area (Å²) in [6.45, 7) is 0. The van der Waals surface area contributed by atoms with Crippen LogP contribution in [0.4, 0.5) is 34.1 Å². The molecule has 0 unspecified atom stereocenters. The lowest BCUT2D eigenvalue weighted by molar-refractivity contribution is 0.550. The average molecular weight is 833 g/mol. The molecule has 310 valence electrons. The topological polar surface area (TPSA) is 6.48 Å². The van der Waals surface area contributed by atoms with Crippen molar-refractivity contribution in [2.45, 2.75) is 31.1 Å². The second-order valence-corrected chi connectivity index (χ2v) is 17.7. The van der Waals surface area contributed by atoms with Gasteiger partial charge in [0, 0.05) is 39.2 Å². The van der Waals surface area contributed by atoms with Crippen molar-refractivity contribution >= 4 is 44.9 Å². The summed E-state index contributed by atoms with van der Waals surface area (Å²) in [5.74, 6) is 0. The summed E-state index contributed by atoms with van der Waals surface area (Å²) >= 11 is 0. The predicted octanol–water partition coefficient (Wildman–Crippen LogP) is 17.6. The van der Waals surface area contributed by atoms with Crippen LogP contribution in [0.25, 0.3) is 55.3 Å². The van der Waals surface area contributed by atoms with Crippen LogP contribution in [0.1, 0.15) is 36.8 Å². The molecule has 0 aliphatic heterocycles. The van der Waals surface area contributed by atoms with Crippen molar-refractivity contribution in [1.29, 1.82) is 0 Å². The fourth-order valence-corrected chi connectivity index (χ4v) is 10.9. The minimum absolute atomic E-state index is 0.0925. The first-order chi connectivity index (χ1) is 32.2. The fourth-order valence-electron chi connectivity index (χ4n) is 10.9. The average Bonchev–Trinajstić information content (AvgIpc) is 3.99. The van der Waals surface area contributed by atoms with Gasteiger partial charge in [-0.15, -0.1) is 0 Å². The zero-order valence-electron chi connectivity index (χ0n) is 36.3. The first-order valence-corrected chi connectivity index (χ1v) is 23.0. The third kappa shape index (κ3) is 6.90. The van der Waals surface area contributed by atoms with Gasteiger partial charge < -0.3 is 9.80 Å². The number of nitrogens with zero attached hydrogens (tertiary/aromatic N) is 2. The van der Waals surface area contributed by atoms with Crippen LogP contribution in [0.3, 0.4) is 0 Å². The standard InChI is InChI=1S/C63H48N2/c1-3-14-45(15-4-1)47-24-32-52(33-25-47)64(53-34-26-48(27-35-53)46-16-5-2-6-17-46)54-36-28-49(29-37-54)50-30-38-55(39-31-50)65(62-23-13-19-51-18-7-8-20-57(51)62)56-40-41-59-58-21-9-10-22-60(58)63(61(59)44-56)42-11-12-43-63/h1-10,13-41,44H,11-12,42-43H2. The van der Waals surface area contributed by atoms with Gasteiger partial charge >= 0.3 is 0 Å². The zero-order valence-corrected chi connectivity index (χ0v) is 36.3. The first kappa shape index (κ1) is 38.7. The summed E-state index contributed by atoms with van der Waals surface area (Å²) in [7, 11) is 0. The predicted molar refractivity (Wildman–Crippen MR) is 274 cm³/mol. The van der Waals surface area contributed by atoms with Crippen LogP contribution in [-0.2, 0) is 5.41 Å². The number of fused-ring (bicyclic) bond motifs is 6. The molecule has 2 aliphatic carbocycles. The molecule has 1 saturated carbocycles. The highest BCUT2D eigenvalue weighted by Gasteiger charge is 2.45. The molecule has 2 nitrogen and oxygen atoms in total. The van der Waals surface area contributed by atoms with E-state index in [-0.39, 0.29) is 5.41 Å². The van der Waals surface area contributed by atoms with Crippen molar-refractivity contribution in [1.82, 2.24) is 0 Å². The van der Waals surface area contributed by atoms with E-state index in [0.717, 1.165) is 22.7 Å². The molecule has 12 rings (SSSR count). The van der Waals surface area contributed by atoms with Crippen LogP contribution in [0, 0.1) is 0 Å². The van der Waals surface area contributed by atoms with Gasteiger partial charge in [-0.2, -0.15) is 0 Å². The normalized spacial score (nSPS) is 13.4. The summed E-state index contributed by atoms with van der Waals surface area (Å²) in [4.78, 5) is 4.83. The lowest BCUT2D eigenvalue weighted by Crippen LogP contribution is -2.21. The second-order valence-electron chi connectivity index (χ2n) is 17.7. The first-order valence-electron chi connectivity index (χ1n) is 23.0. The van der Waals surface area contributed by atoms with E-state index in [0.29, 0.717) is 0 Å². The molecule has 0 N–H and O–H groups in total. The molecule has 0 saturated heterocycles. The van der Waals surface area contributed by atoms with E-state index < -0.39 is 0 Å². The van der Waals surface area contributed by atoms with Crippen LogP contribution >= 0.6 is 0 Å². The van der Waals surface area contributed by atoms with Crippen molar-refractivity contribution in [3.05, 3.63) is 254 Å². The van der Waals surface area contributed by atoms with Crippen LogP contribution in [0.15, 0.2) is 243 Å². The van der Waals surface area contributed by atoms with E-state index in [2.05, 4.69) is 252 Å². The van der Waals surface area contributed by atoms with Crippen molar-refractivity contribution in [2.24, 2.45) is 0 Å². The quantitative estimate of drug-likeness (QED) is 0.143. The highest BCUT2D eigenvalue weighted by atomic mass is 15.1. The number of hydrogen-bond donors (Lipinski definition) is 0. The maximum atomic E-state index is 2.52. The molecule has 10 aromatic rings. The Bertz CT molecular complexity index is 3190. The van der Waals surface area contributed by atoms with Gasteiger partial charge in [0.15, 0.2) is 0 Å². The molecule has 0 radical (unpaired) electrons. The van der Waals surface area contributed by atoms with E-state index >= 15 is 0 Å². The molecule has 0 amide bonds. The van der Waals surface area contributed by atoms with Crippen molar-refractivity contribution < 1.29 is 0 Å². The summed E-state index contributed by atoms with van der Waals surface area (Å²) < 4.78 is 0. The molecular weight excluding hydrogens is 785 g/mol. The molecule has 1 fully saturated rings. The third-order valence-corrected chi connectivity index (χ3v) is 14.0. The summed E-state index contributed by atoms with van der Waals surface area (Å²) in [6, 6.07) is 89.1. The molecule has 0 atom stereocenters. The van der Waals surface area contributed by atoms with Gasteiger partial charge in [0.2, 0.25) is 0 Å². The molecule has 0 aromatic heterocycles. The highest BCUT2D eigenvalue weighted by molar-refractivity contribution is 5.99. The number of hydrogen-bond acceptors (Lipinski definition) is 2. The summed E-state index contributed by atoms with van der Waals surface area (Å²) in [6.07, 6.45) is 4.96. The fraction of sp³-hybridized carbons (Fsp3) is 0.0794. The Balaban J connectivity index is 0.901. The molecule has 2 aliphatic rings. The van der Waals surface area contributed by atoms with Gasteiger partial charge in [0.05, 0.1) is 5.69 Å². The maximum Gasteiger partial charge on any atom is 0.0540 e. The van der Waals surface area contributed by atoms with Gasteiger partial charge in [-0.1, -0.05) is 189 Å². The van der Waals surface area contributed by atoms with E-state index in [1.54, 1.807) is 0 Å². The zero-order chi connectivity index (χ0) is 43.2. The lowest BCUT2D eigenvalue weighted by Gasteiger charge is -2.30. The minimum atomic E-state index is 0.0925. The molecule has 0 heterocycles. The van der Waals surface area contributed by atoms with Crippen LogP contribution in [0.2, 0.25) is 0 Å². The third-order valence-electron chi connectivity index (χ3n) is 14.0. The second kappa shape index (κ2) is 16.3. The Labute approximate surface area is 382 Å². The Kier molecular flexibility index (Phi) is 9.72. The molecule has 2 heteroatoms. The largest absolute Gasteiger partial charge is 0.311 e. The van der Waals surface area contributed by atoms with E-state index in [9.17, 15) is 0 Å². The van der Waals surface area contributed by atoms with E-state index in [1.165, 1.54) is 103 Å². The Morgan fingerprint density at radius 1 is 0.292 bits per heavy atom. The monoisotopic (exact) mass is 832 g/mol. The van der Waals surface area contributed by atoms with Crippen molar-refractivity contribution in [2.75, 3.05) is 9.80 Å². The molecular formula is C63H48N2. The summed E-state index contributed by atoms with van der Waals surface area (Å²) in [5, 5.41) is 2.48. The SMILES string of the molecule is c1ccc(-c2ccc(N(c3ccc(-c4ccccc4)cc3)c3ccc(-c4ccc(N(c5ccc6c(c5)C5(CCCC5)c5ccccc5-6)c5cccc6ccccc56)cc4)cc3)cc2)cc1. The number of rotatable bonds is 9. The number of anilines is 6. The van der Waals surface area contributed by atoms with Crippen LogP contribution in [-0.4, -0.2) is 0 Å². The van der Waals surface area contributed by atoms with Crippen LogP contribution in [0.5, 0.6) is 0 Å². The van der Waals surface area contributed by atoms with Gasteiger partial charge in [-0.25, -0.2) is 0 Å². The van der Waals surface area contributed by atoms with Gasteiger partial charge in [-0.3, -0.25) is 0 Å². The smallest absolute Gasteiger partial charge is 0.0540 e. The number of benzene rings is 10. The van der Waals surface area contributed by atoms with Gasteiger partial charge in [0.25, 0.3) is 0 Å². The minimum Gasteiger partial charge on any atom is -0.311 e. The Morgan fingerprint density at radius 3 is 1.26 bits per heavy atom. The van der Waals surface area contributed by atoms with E-state index in [1.807, 2.05) is 0 Å². The van der Waals surface area contributed by atoms with Crippen molar-refractivity contribution in [3.63, 3.8) is 0 Å². The lowest BCUT2D eigenvalue weighted by atomic mass is 9.76. The summed E-state index contributed by atoms with van der Waals surface area (Å²) in [5.41, 5.74) is 19.9. The molecule has 10 aromatic carbocycles. The van der Waals surface area contributed by atoms with Gasteiger partial charge in [0.1, 0.15) is 0 Å². The molecule has 0 bridgehead atoms. The Hall–Kier alpha value is -7.94. The van der Waals surface area contributed by atoms with E-state index in [4.69, 9.17) is 0 Å². The van der Waals surface area contributed by atoms with Gasteiger partial charge in [-0.05, 0) is 141 Å². The molecule has 65 heavy (non-hydrogen) atoms. The highest BCUT2D eigenvalue weighted by Crippen LogP contribution is 2.58. The van der Waals surface area contributed by atoms with Crippen LogP contribution < -0.4 is 9.80 Å². The molecule has 1 spiro atoms. The Morgan fingerprint density at radius 2 is 0.708 bits per heavy atom.